The highest BCUT2D eigenvalue weighted by molar-refractivity contribution is 5.97. The minimum absolute atomic E-state index is 0.180. The molecule has 1 aromatic heterocycles. The topological polar surface area (TPSA) is 114 Å². The Labute approximate surface area is 180 Å². The average molecular weight is 426 g/mol. The number of anilines is 1. The zero-order valence-electron chi connectivity index (χ0n) is 19.7. The summed E-state index contributed by atoms with van der Waals surface area (Å²) in [7, 11) is 0. The minimum atomic E-state index is -1.21. The minimum Gasteiger partial charge on any atom is -0.383 e. The maximum atomic E-state index is 12.7. The van der Waals surface area contributed by atoms with E-state index in [-0.39, 0.29) is 17.3 Å². The summed E-state index contributed by atoms with van der Waals surface area (Å²) in [4.78, 5) is 25.0. The first-order valence-corrected chi connectivity index (χ1v) is 10.6. The normalized spacial score (nSPS) is 15.4. The second-order valence-electron chi connectivity index (χ2n) is 10.0. The lowest BCUT2D eigenvalue weighted by Crippen LogP contribution is -2.50. The summed E-state index contributed by atoms with van der Waals surface area (Å²) in [6.07, 6.45) is 0.527. The van der Waals surface area contributed by atoms with E-state index in [2.05, 4.69) is 36.6 Å². The van der Waals surface area contributed by atoms with Gasteiger partial charge < -0.3 is 25.0 Å². The van der Waals surface area contributed by atoms with Gasteiger partial charge in [-0.05, 0) is 30.6 Å². The van der Waals surface area contributed by atoms with Crippen LogP contribution in [0.15, 0.2) is 10.6 Å². The average Bonchev–Trinajstić information content (AvgIpc) is 3.07. The smallest absolute Gasteiger partial charge is 0.250 e. The Morgan fingerprint density at radius 1 is 1.20 bits per heavy atom. The van der Waals surface area contributed by atoms with Gasteiger partial charge >= 0.3 is 0 Å². The molecule has 2 amide bonds. The third kappa shape index (κ3) is 8.83. The zero-order chi connectivity index (χ0) is 23.1. The number of carbonyl (C=O) groups is 2. The van der Waals surface area contributed by atoms with E-state index in [0.717, 1.165) is 6.42 Å². The lowest BCUT2D eigenvalue weighted by Gasteiger charge is -2.26. The molecule has 0 bridgehead atoms. The molecule has 0 radical (unpaired) electrons. The van der Waals surface area contributed by atoms with Crippen LogP contribution in [0, 0.1) is 10.8 Å². The summed E-state index contributed by atoms with van der Waals surface area (Å²) in [5.41, 5.74) is -0.443. The lowest BCUT2D eigenvalue weighted by molar-refractivity contribution is -0.137. The molecule has 30 heavy (non-hydrogen) atoms. The lowest BCUT2D eigenvalue weighted by atomic mass is 9.88. The van der Waals surface area contributed by atoms with E-state index in [9.17, 15) is 14.7 Å². The van der Waals surface area contributed by atoms with Crippen LogP contribution in [0.1, 0.15) is 86.5 Å². The predicted octanol–water partition coefficient (Wildman–Crippen LogP) is 3.82. The van der Waals surface area contributed by atoms with E-state index in [1.54, 1.807) is 26.8 Å². The molecule has 0 aliphatic rings. The molecule has 8 heteroatoms. The summed E-state index contributed by atoms with van der Waals surface area (Å²) in [5, 5.41) is 19.3. The van der Waals surface area contributed by atoms with Crippen molar-refractivity contribution in [1.82, 2.24) is 10.5 Å². The Bertz CT molecular complexity index is 688. The first-order chi connectivity index (χ1) is 13.7. The largest absolute Gasteiger partial charge is 0.383 e. The number of hydrogen-bond donors (Lipinski definition) is 3. The van der Waals surface area contributed by atoms with Crippen LogP contribution in [0.25, 0.3) is 0 Å². The Morgan fingerprint density at radius 3 is 2.37 bits per heavy atom. The van der Waals surface area contributed by atoms with E-state index in [4.69, 9.17) is 9.26 Å². The van der Waals surface area contributed by atoms with Gasteiger partial charge in [-0.25, -0.2) is 0 Å². The maximum absolute atomic E-state index is 12.7. The van der Waals surface area contributed by atoms with E-state index < -0.39 is 29.4 Å². The molecule has 0 aromatic carbocycles. The monoisotopic (exact) mass is 425 g/mol. The Kier molecular flexibility index (Phi) is 9.49. The Hall–Kier alpha value is -1.93. The molecule has 1 heterocycles. The number of amides is 2. The van der Waals surface area contributed by atoms with Crippen LogP contribution in [0.4, 0.5) is 5.82 Å². The SMILES string of the molecule is CCCC(NC(=O)C(O)C(C)(C)C)C(=O)Nc1cc(C(C)OCCC(C)(C)C)on1. The number of nitrogens with zero attached hydrogens (tertiary/aromatic N) is 1. The number of aromatic nitrogens is 1. The van der Waals surface area contributed by atoms with E-state index in [1.807, 2.05) is 13.8 Å². The van der Waals surface area contributed by atoms with Gasteiger partial charge in [0.25, 0.3) is 0 Å². The van der Waals surface area contributed by atoms with Crippen molar-refractivity contribution in [2.45, 2.75) is 92.9 Å². The Balaban J connectivity index is 2.69. The van der Waals surface area contributed by atoms with Gasteiger partial charge in [-0.1, -0.05) is 60.0 Å². The fourth-order valence-electron chi connectivity index (χ4n) is 2.58. The van der Waals surface area contributed by atoms with Crippen LogP contribution in [0.2, 0.25) is 0 Å². The van der Waals surface area contributed by atoms with Gasteiger partial charge in [-0.3, -0.25) is 9.59 Å². The number of hydrogen-bond acceptors (Lipinski definition) is 6. The quantitative estimate of drug-likeness (QED) is 0.525. The molecule has 0 aliphatic heterocycles. The summed E-state index contributed by atoms with van der Waals surface area (Å²) >= 11 is 0. The van der Waals surface area contributed by atoms with Crippen molar-refractivity contribution in [1.29, 1.82) is 0 Å². The van der Waals surface area contributed by atoms with Gasteiger partial charge in [0.1, 0.15) is 18.2 Å². The van der Waals surface area contributed by atoms with Crippen molar-refractivity contribution >= 4 is 17.6 Å². The number of ether oxygens (including phenoxy) is 1. The number of aliphatic hydroxyl groups excluding tert-OH is 1. The molecule has 1 rings (SSSR count). The van der Waals surface area contributed by atoms with Crippen molar-refractivity contribution in [2.24, 2.45) is 10.8 Å². The summed E-state index contributed by atoms with van der Waals surface area (Å²) in [6, 6.07) is 0.842. The molecule has 0 saturated heterocycles. The van der Waals surface area contributed by atoms with Crippen molar-refractivity contribution in [3.05, 3.63) is 11.8 Å². The first-order valence-electron chi connectivity index (χ1n) is 10.6. The Morgan fingerprint density at radius 2 is 1.83 bits per heavy atom. The number of rotatable bonds is 10. The van der Waals surface area contributed by atoms with Crippen LogP contribution in [-0.4, -0.2) is 40.8 Å². The highest BCUT2D eigenvalue weighted by Crippen LogP contribution is 2.24. The molecular formula is C22H39N3O5. The number of carbonyl (C=O) groups excluding carboxylic acids is 2. The summed E-state index contributed by atoms with van der Waals surface area (Å²) < 4.78 is 11.1. The molecule has 3 unspecified atom stereocenters. The fourth-order valence-corrected chi connectivity index (χ4v) is 2.58. The second kappa shape index (κ2) is 10.9. The maximum Gasteiger partial charge on any atom is 0.250 e. The van der Waals surface area contributed by atoms with Gasteiger partial charge in [-0.2, -0.15) is 0 Å². The van der Waals surface area contributed by atoms with Crippen LogP contribution in [-0.2, 0) is 14.3 Å². The zero-order valence-corrected chi connectivity index (χ0v) is 19.7. The number of aliphatic hydroxyl groups is 1. The standard InChI is InChI=1S/C22H39N3O5/c1-9-10-15(23-20(28)18(26)22(6,7)8)19(27)24-17-13-16(30-25-17)14(2)29-12-11-21(3,4)5/h13-15,18,26H,9-12H2,1-8H3,(H,23,28)(H,24,25,27). The second-order valence-corrected chi connectivity index (χ2v) is 10.0. The molecule has 3 N–H and O–H groups in total. The van der Waals surface area contributed by atoms with Crippen molar-refractivity contribution in [3.8, 4) is 0 Å². The van der Waals surface area contributed by atoms with E-state index in [1.165, 1.54) is 0 Å². The fraction of sp³-hybridized carbons (Fsp3) is 0.773. The van der Waals surface area contributed by atoms with Gasteiger partial charge in [0.05, 0.1) is 0 Å². The molecule has 0 fully saturated rings. The van der Waals surface area contributed by atoms with Crippen LogP contribution in [0.3, 0.4) is 0 Å². The molecule has 0 spiro atoms. The number of nitrogens with one attached hydrogen (secondary N) is 2. The van der Waals surface area contributed by atoms with Gasteiger partial charge in [0, 0.05) is 12.7 Å². The summed E-state index contributed by atoms with van der Waals surface area (Å²) in [6.45, 7) is 16.1. The highest BCUT2D eigenvalue weighted by Gasteiger charge is 2.32. The third-order valence-electron chi connectivity index (χ3n) is 4.68. The van der Waals surface area contributed by atoms with Crippen LogP contribution < -0.4 is 10.6 Å². The molecule has 0 aliphatic carbocycles. The van der Waals surface area contributed by atoms with Crippen molar-refractivity contribution < 1.29 is 24.0 Å². The van der Waals surface area contributed by atoms with Crippen LogP contribution >= 0.6 is 0 Å². The molecule has 3 atom stereocenters. The molecule has 1 aromatic rings. The van der Waals surface area contributed by atoms with Crippen LogP contribution in [0.5, 0.6) is 0 Å². The third-order valence-corrected chi connectivity index (χ3v) is 4.68. The van der Waals surface area contributed by atoms with Gasteiger partial charge in [-0.15, -0.1) is 0 Å². The summed E-state index contributed by atoms with van der Waals surface area (Å²) in [5.74, 6) is -0.211. The molecule has 0 saturated carbocycles. The first kappa shape index (κ1) is 26.1. The molecule has 172 valence electrons. The highest BCUT2D eigenvalue weighted by atomic mass is 16.5. The predicted molar refractivity (Wildman–Crippen MR) is 116 cm³/mol. The van der Waals surface area contributed by atoms with Crippen molar-refractivity contribution in [2.75, 3.05) is 11.9 Å². The van der Waals surface area contributed by atoms with Gasteiger partial charge in [0.2, 0.25) is 11.8 Å². The molecule has 8 nitrogen and oxygen atoms in total. The van der Waals surface area contributed by atoms with Crippen molar-refractivity contribution in [3.63, 3.8) is 0 Å². The van der Waals surface area contributed by atoms with Gasteiger partial charge in [0.15, 0.2) is 11.6 Å². The van der Waals surface area contributed by atoms with E-state index in [0.29, 0.717) is 25.2 Å². The van der Waals surface area contributed by atoms with E-state index >= 15 is 0 Å². The molecular weight excluding hydrogens is 386 g/mol.